The van der Waals surface area contributed by atoms with Crippen LogP contribution >= 0.6 is 14.1 Å². The molecule has 0 heterocycles. The Kier molecular flexibility index (Phi) is 10.1. The van der Waals surface area contributed by atoms with Crippen LogP contribution < -0.4 is 13.8 Å². The first-order chi connectivity index (χ1) is 16.8. The van der Waals surface area contributed by atoms with E-state index in [0.29, 0.717) is 5.75 Å². The van der Waals surface area contributed by atoms with Gasteiger partial charge in [0.15, 0.2) is 11.5 Å². The average Bonchev–Trinajstić information content (AvgIpc) is 2.88. The normalized spacial score (nSPS) is 11.9. The zero-order valence-corrected chi connectivity index (χ0v) is 23.2. The number of hydrogen-bond acceptors (Lipinski definition) is 7. The maximum absolute atomic E-state index is 5.88. The molecule has 0 aromatic heterocycles. The fraction of sp³-hybridized carbons (Fsp3) is 0.167. The van der Waals surface area contributed by atoms with Crippen molar-refractivity contribution in [1.29, 1.82) is 0 Å². The summed E-state index contributed by atoms with van der Waals surface area (Å²) in [4.78, 5) is 0. The Labute approximate surface area is 218 Å². The number of hydrazone groups is 2. The number of rotatable bonds is 11. The lowest BCUT2D eigenvalue weighted by Gasteiger charge is -2.03. The molecule has 0 radical (unpaired) electrons. The van der Waals surface area contributed by atoms with Crippen LogP contribution in [-0.2, 0) is 23.6 Å². The summed E-state index contributed by atoms with van der Waals surface area (Å²) < 4.78 is 20.1. The predicted molar refractivity (Wildman–Crippen MR) is 151 cm³/mol. The second-order valence-corrected chi connectivity index (χ2v) is 11.6. The molecule has 35 heavy (non-hydrogen) atoms. The number of nitrogens with zero attached hydrogens (tertiary/aromatic N) is 4. The van der Waals surface area contributed by atoms with Gasteiger partial charge in [-0.25, -0.2) is 0 Å². The van der Waals surface area contributed by atoms with Crippen LogP contribution in [0.2, 0.25) is 0 Å². The van der Waals surface area contributed by atoms with Crippen LogP contribution in [0, 0.1) is 6.92 Å². The minimum atomic E-state index is -1.36. The molecule has 11 heteroatoms. The Morgan fingerprint density at radius 3 is 1.43 bits per heavy atom. The van der Waals surface area contributed by atoms with Gasteiger partial charge in [-0.2, -0.15) is 0 Å². The topological polar surface area (TPSA) is 58.9 Å². The third-order valence-corrected chi connectivity index (χ3v) is 8.36. The summed E-state index contributed by atoms with van der Waals surface area (Å²) in [5.41, 5.74) is 3.01. The van der Waals surface area contributed by atoms with Gasteiger partial charge in [-0.3, -0.25) is 9.05 Å². The highest BCUT2D eigenvalue weighted by Crippen LogP contribution is 2.31. The SMILES string of the molecule is COc1ccc(/C=N/N(C)[P+](=S)Oc2ccc(/C=N/N(C)[P+](=S)Oc3ccc(C)cc3)cc2)cc1. The highest BCUT2D eigenvalue weighted by atomic mass is 32.4. The Hall–Kier alpha value is -2.96. The van der Waals surface area contributed by atoms with E-state index in [1.54, 1.807) is 43.2 Å². The molecule has 0 aliphatic carbocycles. The van der Waals surface area contributed by atoms with Gasteiger partial charge in [-0.05, 0) is 78.7 Å². The summed E-state index contributed by atoms with van der Waals surface area (Å²) in [6, 6.07) is 22.9. The molecule has 2 atom stereocenters. The molecule has 3 aromatic rings. The first kappa shape index (κ1) is 26.6. The standard InChI is InChI=1S/C24H26N4O3P2S2/c1-19-5-11-23(12-6-19)30-32(34)27(2)26-18-21-9-15-24(16-10-21)31-33(35)28(3)25-17-20-7-13-22(29-4)14-8-20/h5-18H,1-4H3/q+2/b25-17+,26-18+. The highest BCUT2D eigenvalue weighted by molar-refractivity contribution is 8.02. The van der Waals surface area contributed by atoms with Crippen LogP contribution in [0.5, 0.6) is 17.2 Å². The smallest absolute Gasteiger partial charge is 0.497 e. The Morgan fingerprint density at radius 2 is 1.03 bits per heavy atom. The molecule has 7 nitrogen and oxygen atoms in total. The second-order valence-electron chi connectivity index (χ2n) is 7.28. The van der Waals surface area contributed by atoms with E-state index in [2.05, 4.69) is 10.2 Å². The van der Waals surface area contributed by atoms with E-state index in [9.17, 15) is 0 Å². The first-order valence-corrected chi connectivity index (χ1v) is 15.0. The quantitative estimate of drug-likeness (QED) is 0.161. The fourth-order valence-electron chi connectivity index (χ4n) is 2.59. The van der Waals surface area contributed by atoms with Crippen molar-refractivity contribution in [3.05, 3.63) is 89.5 Å². The van der Waals surface area contributed by atoms with Crippen molar-refractivity contribution in [3.63, 3.8) is 0 Å². The number of ether oxygens (including phenoxy) is 1. The fourth-order valence-corrected chi connectivity index (χ4v) is 4.47. The maximum Gasteiger partial charge on any atom is 0.540 e. The summed E-state index contributed by atoms with van der Waals surface area (Å²) >= 11 is 10.9. The third-order valence-electron chi connectivity index (χ3n) is 4.60. The van der Waals surface area contributed by atoms with Gasteiger partial charge in [-0.1, -0.05) is 27.3 Å². The second kappa shape index (κ2) is 13.2. The van der Waals surface area contributed by atoms with E-state index in [1.807, 2.05) is 79.7 Å². The molecule has 0 aliphatic heterocycles. The van der Waals surface area contributed by atoms with Gasteiger partial charge in [0.1, 0.15) is 5.75 Å². The Balaban J connectivity index is 1.50. The van der Waals surface area contributed by atoms with Gasteiger partial charge < -0.3 is 4.74 Å². The van der Waals surface area contributed by atoms with E-state index >= 15 is 0 Å². The van der Waals surface area contributed by atoms with Crippen LogP contribution in [0.4, 0.5) is 0 Å². The van der Waals surface area contributed by atoms with E-state index in [-0.39, 0.29) is 0 Å². The summed E-state index contributed by atoms with van der Waals surface area (Å²) in [7, 11) is 2.55. The number of hydrogen-bond donors (Lipinski definition) is 0. The summed E-state index contributed by atoms with van der Waals surface area (Å²) in [5.74, 6) is 2.19. The van der Waals surface area contributed by atoms with Crippen molar-refractivity contribution >= 4 is 50.2 Å². The molecule has 0 N–H and O–H groups in total. The lowest BCUT2D eigenvalue weighted by Crippen LogP contribution is -2.04. The molecule has 0 bridgehead atoms. The van der Waals surface area contributed by atoms with Crippen molar-refractivity contribution in [1.82, 2.24) is 9.56 Å². The van der Waals surface area contributed by atoms with Crippen molar-refractivity contribution in [2.24, 2.45) is 10.2 Å². The third kappa shape index (κ3) is 8.64. The Morgan fingerprint density at radius 1 is 0.657 bits per heavy atom. The van der Waals surface area contributed by atoms with E-state index in [1.165, 1.54) is 5.56 Å². The molecule has 0 saturated carbocycles. The van der Waals surface area contributed by atoms with Gasteiger partial charge in [0.2, 0.25) is 23.6 Å². The van der Waals surface area contributed by atoms with Crippen LogP contribution in [-0.4, -0.2) is 43.2 Å². The minimum absolute atomic E-state index is 0.663. The van der Waals surface area contributed by atoms with Crippen molar-refractivity contribution in [3.8, 4) is 17.2 Å². The lowest BCUT2D eigenvalue weighted by atomic mass is 10.2. The molecule has 0 aliphatic rings. The summed E-state index contributed by atoms with van der Waals surface area (Å²) in [6.45, 7) is 2.03. The van der Waals surface area contributed by atoms with Crippen molar-refractivity contribution in [2.75, 3.05) is 21.2 Å². The number of aryl methyl sites for hydroxylation is 1. The van der Waals surface area contributed by atoms with Crippen molar-refractivity contribution in [2.45, 2.75) is 6.92 Å². The van der Waals surface area contributed by atoms with Crippen LogP contribution in [0.3, 0.4) is 0 Å². The molecule has 3 aromatic carbocycles. The highest BCUT2D eigenvalue weighted by Gasteiger charge is 2.21. The predicted octanol–water partition coefficient (Wildman–Crippen LogP) is 6.24. The molecule has 180 valence electrons. The van der Waals surface area contributed by atoms with Gasteiger partial charge in [0, 0.05) is 0 Å². The molecule has 0 fully saturated rings. The largest absolute Gasteiger partial charge is 0.540 e. The van der Waals surface area contributed by atoms with E-state index in [4.69, 9.17) is 37.4 Å². The lowest BCUT2D eigenvalue weighted by molar-refractivity contribution is 0.415. The first-order valence-electron chi connectivity index (χ1n) is 10.5. The van der Waals surface area contributed by atoms with Gasteiger partial charge in [0.25, 0.3) is 0 Å². The Bertz CT molecular complexity index is 1200. The molecule has 0 spiro atoms. The molecular formula is C24H26N4O3P2S2+2. The zero-order valence-electron chi connectivity index (χ0n) is 19.8. The molecule has 0 amide bonds. The molecule has 2 unspecified atom stereocenters. The summed E-state index contributed by atoms with van der Waals surface area (Å²) in [6.07, 6.45) is 3.46. The monoisotopic (exact) mass is 544 g/mol. The van der Waals surface area contributed by atoms with Gasteiger partial charge in [-0.15, -0.1) is 10.2 Å². The summed E-state index contributed by atoms with van der Waals surface area (Å²) in [5, 5.41) is 8.79. The molecule has 3 rings (SSSR count). The van der Waals surface area contributed by atoms with Crippen LogP contribution in [0.1, 0.15) is 16.7 Å². The van der Waals surface area contributed by atoms with Crippen LogP contribution in [0.25, 0.3) is 0 Å². The number of benzene rings is 3. The van der Waals surface area contributed by atoms with E-state index < -0.39 is 14.1 Å². The molecule has 0 saturated heterocycles. The van der Waals surface area contributed by atoms with Crippen molar-refractivity contribution < 1.29 is 13.8 Å². The minimum Gasteiger partial charge on any atom is -0.497 e. The zero-order chi connectivity index (χ0) is 25.2. The van der Waals surface area contributed by atoms with E-state index in [0.717, 1.165) is 22.6 Å². The maximum atomic E-state index is 5.88. The molecular weight excluding hydrogens is 518 g/mol. The van der Waals surface area contributed by atoms with Crippen LogP contribution in [0.15, 0.2) is 83.0 Å². The number of methoxy groups -OCH3 is 1. The van der Waals surface area contributed by atoms with Gasteiger partial charge >= 0.3 is 14.1 Å². The average molecular weight is 545 g/mol. The van der Waals surface area contributed by atoms with Gasteiger partial charge in [0.05, 0.1) is 33.6 Å².